The van der Waals surface area contributed by atoms with E-state index in [1.807, 2.05) is 36.4 Å². The van der Waals surface area contributed by atoms with E-state index in [4.69, 9.17) is 4.74 Å². The second-order valence-corrected chi connectivity index (χ2v) is 14.6. The topological polar surface area (TPSA) is 41.6 Å². The molecular formula is C40H46N2O2. The van der Waals surface area contributed by atoms with Gasteiger partial charge < -0.3 is 10.1 Å². The molecule has 2 aliphatic rings. The predicted octanol–water partition coefficient (Wildman–Crippen LogP) is 9.22. The summed E-state index contributed by atoms with van der Waals surface area (Å²) in [5, 5.41) is 3.76. The first-order valence-corrected chi connectivity index (χ1v) is 16.1. The first kappa shape index (κ1) is 30.1. The molecule has 1 amide bonds. The van der Waals surface area contributed by atoms with Gasteiger partial charge in [-0.25, -0.2) is 9.69 Å². The van der Waals surface area contributed by atoms with Crippen LogP contribution in [-0.2, 0) is 28.4 Å². The third-order valence-corrected chi connectivity index (χ3v) is 9.38. The van der Waals surface area contributed by atoms with Crippen molar-refractivity contribution in [3.8, 4) is 0 Å². The lowest BCUT2D eigenvalue weighted by Crippen LogP contribution is -2.32. The summed E-state index contributed by atoms with van der Waals surface area (Å²) in [5.41, 5.74) is 9.57. The fourth-order valence-corrected chi connectivity index (χ4v) is 6.79. The minimum Gasteiger partial charge on any atom is -0.444 e. The Balaban J connectivity index is 1.27. The molecule has 4 nitrogen and oxygen atoms in total. The zero-order valence-corrected chi connectivity index (χ0v) is 27.1. The third-order valence-electron chi connectivity index (χ3n) is 9.38. The molecule has 2 heterocycles. The molecule has 2 atom stereocenters. The van der Waals surface area contributed by atoms with Crippen LogP contribution in [0.4, 0.5) is 16.2 Å². The largest absolute Gasteiger partial charge is 0.444 e. The van der Waals surface area contributed by atoms with Crippen LogP contribution in [0.1, 0.15) is 87.3 Å². The number of rotatable bonds is 4. The van der Waals surface area contributed by atoms with Crippen molar-refractivity contribution in [2.45, 2.75) is 89.7 Å². The number of fused-ring (bicyclic) bond motifs is 2. The average Bonchev–Trinajstić information content (AvgIpc) is 3.37. The quantitative estimate of drug-likeness (QED) is 0.259. The van der Waals surface area contributed by atoms with Crippen molar-refractivity contribution in [1.82, 2.24) is 5.32 Å². The van der Waals surface area contributed by atoms with Crippen molar-refractivity contribution in [2.24, 2.45) is 0 Å². The zero-order valence-electron chi connectivity index (χ0n) is 27.1. The molecule has 0 aromatic heterocycles. The minimum absolute atomic E-state index is 0.0951. The number of benzene rings is 4. The van der Waals surface area contributed by atoms with Crippen LogP contribution in [0.15, 0.2) is 97.1 Å². The molecule has 2 aliphatic heterocycles. The van der Waals surface area contributed by atoms with Gasteiger partial charge in [-0.05, 0) is 69.2 Å². The van der Waals surface area contributed by atoms with Crippen LogP contribution in [0.3, 0.4) is 0 Å². The van der Waals surface area contributed by atoms with E-state index in [1.165, 1.54) is 33.4 Å². The Morgan fingerprint density at radius 2 is 1.16 bits per heavy atom. The van der Waals surface area contributed by atoms with Gasteiger partial charge in [0.05, 0.1) is 11.4 Å². The van der Waals surface area contributed by atoms with Gasteiger partial charge in [-0.3, -0.25) is 0 Å². The Morgan fingerprint density at radius 1 is 0.705 bits per heavy atom. The van der Waals surface area contributed by atoms with Crippen molar-refractivity contribution in [3.05, 3.63) is 130 Å². The molecule has 0 aliphatic carbocycles. The molecule has 0 radical (unpaired) electrons. The Bertz CT molecular complexity index is 1500. The van der Waals surface area contributed by atoms with E-state index >= 15 is 0 Å². The van der Waals surface area contributed by atoms with E-state index in [1.54, 1.807) is 4.90 Å². The number of anilines is 2. The molecule has 1 N–H and O–H groups in total. The first-order chi connectivity index (χ1) is 21.0. The number of amides is 1. The maximum absolute atomic E-state index is 14.0. The first-order valence-electron chi connectivity index (χ1n) is 16.1. The standard InChI is InChI=1S/C40H46N2O2/c1-39(2,3)31-21-17-29(18-22-31)37(30-19-23-32(24-20-30)40(4,5)6)34-25-33(26-41-34)44-38(43)42-35-13-9-7-11-27(35)15-16-28-12-8-10-14-36(28)42/h7-14,17-24,33-34,37,41H,15-16,25-26H2,1-6H3/t33-,34-/m1/s1. The number of hydrogen-bond donors (Lipinski definition) is 1. The Labute approximate surface area is 263 Å². The van der Waals surface area contributed by atoms with E-state index in [0.29, 0.717) is 6.54 Å². The fourth-order valence-electron chi connectivity index (χ4n) is 6.79. The molecular weight excluding hydrogens is 540 g/mol. The van der Waals surface area contributed by atoms with Crippen molar-refractivity contribution < 1.29 is 9.53 Å². The summed E-state index contributed by atoms with van der Waals surface area (Å²) in [7, 11) is 0. The number of para-hydroxylation sites is 2. The summed E-state index contributed by atoms with van der Waals surface area (Å²) in [6.07, 6.45) is 2.01. The Morgan fingerprint density at radius 3 is 1.61 bits per heavy atom. The average molecular weight is 587 g/mol. The third kappa shape index (κ3) is 6.19. The monoisotopic (exact) mass is 586 g/mol. The maximum atomic E-state index is 14.0. The summed E-state index contributed by atoms with van der Waals surface area (Å²) in [6, 6.07) is 34.8. The molecule has 1 saturated heterocycles. The van der Waals surface area contributed by atoms with Crippen LogP contribution < -0.4 is 10.2 Å². The molecule has 4 aromatic rings. The summed E-state index contributed by atoms with van der Waals surface area (Å²) >= 11 is 0. The smallest absolute Gasteiger partial charge is 0.419 e. The van der Waals surface area contributed by atoms with Crippen LogP contribution in [0.5, 0.6) is 0 Å². The van der Waals surface area contributed by atoms with Gasteiger partial charge in [0.15, 0.2) is 0 Å². The number of ether oxygens (including phenoxy) is 1. The SMILES string of the molecule is CC(C)(C)c1ccc(C(c2ccc(C(C)(C)C)cc2)[C@H]2C[C@@H](OC(=O)N3c4ccccc4CCc4ccccc43)CN2)cc1. The molecule has 0 bridgehead atoms. The summed E-state index contributed by atoms with van der Waals surface area (Å²) < 4.78 is 6.32. The van der Waals surface area contributed by atoms with Gasteiger partial charge in [-0.15, -0.1) is 0 Å². The second-order valence-electron chi connectivity index (χ2n) is 14.6. The van der Waals surface area contributed by atoms with E-state index in [9.17, 15) is 4.79 Å². The number of carbonyl (C=O) groups is 1. The van der Waals surface area contributed by atoms with Gasteiger partial charge >= 0.3 is 6.09 Å². The van der Waals surface area contributed by atoms with Gasteiger partial charge in [0.1, 0.15) is 6.10 Å². The lowest BCUT2D eigenvalue weighted by Gasteiger charge is -2.28. The second kappa shape index (κ2) is 11.9. The highest BCUT2D eigenvalue weighted by atomic mass is 16.6. The molecule has 6 rings (SSSR count). The molecule has 1 fully saturated rings. The number of nitrogens with zero attached hydrogens (tertiary/aromatic N) is 1. The fraction of sp³-hybridized carbons (Fsp3) is 0.375. The van der Waals surface area contributed by atoms with Gasteiger partial charge in [-0.2, -0.15) is 0 Å². The summed E-state index contributed by atoms with van der Waals surface area (Å²) in [4.78, 5) is 15.8. The highest BCUT2D eigenvalue weighted by molar-refractivity contribution is 5.98. The molecule has 4 aromatic carbocycles. The van der Waals surface area contributed by atoms with Crippen molar-refractivity contribution in [3.63, 3.8) is 0 Å². The molecule has 0 unspecified atom stereocenters. The summed E-state index contributed by atoms with van der Waals surface area (Å²) in [6.45, 7) is 14.1. The van der Waals surface area contributed by atoms with Gasteiger partial charge in [0.25, 0.3) is 0 Å². The lowest BCUT2D eigenvalue weighted by molar-refractivity contribution is 0.115. The van der Waals surface area contributed by atoms with Crippen LogP contribution >= 0.6 is 0 Å². The molecule has 4 heteroatoms. The molecule has 44 heavy (non-hydrogen) atoms. The highest BCUT2D eigenvalue weighted by Crippen LogP contribution is 2.39. The zero-order chi connectivity index (χ0) is 31.1. The van der Waals surface area contributed by atoms with Gasteiger partial charge in [0, 0.05) is 24.9 Å². The van der Waals surface area contributed by atoms with Crippen molar-refractivity contribution in [1.29, 1.82) is 0 Å². The van der Waals surface area contributed by atoms with Gasteiger partial charge in [-0.1, -0.05) is 126 Å². The summed E-state index contributed by atoms with van der Waals surface area (Å²) in [5.74, 6) is 0.140. The van der Waals surface area contributed by atoms with E-state index < -0.39 is 0 Å². The number of aryl methyl sites for hydroxylation is 2. The van der Waals surface area contributed by atoms with Crippen LogP contribution in [0.2, 0.25) is 0 Å². The van der Waals surface area contributed by atoms with E-state index in [2.05, 4.69) is 108 Å². The van der Waals surface area contributed by atoms with Crippen molar-refractivity contribution >= 4 is 17.5 Å². The van der Waals surface area contributed by atoms with Crippen LogP contribution in [0, 0.1) is 0 Å². The molecule has 228 valence electrons. The van der Waals surface area contributed by atoms with Crippen LogP contribution in [0.25, 0.3) is 0 Å². The Hall–Kier alpha value is -3.89. The number of nitrogens with one attached hydrogen (secondary N) is 1. The van der Waals surface area contributed by atoms with Gasteiger partial charge in [0.2, 0.25) is 0 Å². The van der Waals surface area contributed by atoms with Crippen molar-refractivity contribution in [2.75, 3.05) is 11.4 Å². The van der Waals surface area contributed by atoms with E-state index in [-0.39, 0.29) is 35.0 Å². The molecule has 0 spiro atoms. The highest BCUT2D eigenvalue weighted by Gasteiger charge is 2.36. The van der Waals surface area contributed by atoms with Crippen LogP contribution in [-0.4, -0.2) is 24.8 Å². The normalized spacial score (nSPS) is 18.5. The predicted molar refractivity (Wildman–Crippen MR) is 181 cm³/mol. The minimum atomic E-state index is -0.306. The molecule has 0 saturated carbocycles. The lowest BCUT2D eigenvalue weighted by atomic mass is 9.80. The maximum Gasteiger partial charge on any atom is 0.419 e. The number of carbonyl (C=O) groups excluding carboxylic acids is 1. The number of hydrogen-bond acceptors (Lipinski definition) is 3. The van der Waals surface area contributed by atoms with E-state index in [0.717, 1.165) is 30.6 Å². The Kier molecular flexibility index (Phi) is 8.15.